The van der Waals surface area contributed by atoms with Gasteiger partial charge >= 0.3 is 12.1 Å². The van der Waals surface area contributed by atoms with Crippen LogP contribution in [-0.2, 0) is 19.9 Å². The summed E-state index contributed by atoms with van der Waals surface area (Å²) in [5.74, 6) is -0.811. The molecule has 3 aromatic rings. The van der Waals surface area contributed by atoms with E-state index in [1.54, 1.807) is 6.07 Å². The monoisotopic (exact) mass is 470 g/mol. The molecule has 0 saturated heterocycles. The number of rotatable bonds is 7. The predicted octanol–water partition coefficient (Wildman–Crippen LogP) is 6.30. The minimum absolute atomic E-state index is 0.264. The van der Waals surface area contributed by atoms with Gasteiger partial charge in [0.25, 0.3) is 5.60 Å². The van der Waals surface area contributed by atoms with Gasteiger partial charge in [-0.15, -0.1) is 0 Å². The number of carbonyl (C=O) groups is 1. The van der Waals surface area contributed by atoms with Crippen molar-refractivity contribution < 1.29 is 32.2 Å². The molecular formula is C27H25F3O4. The van der Waals surface area contributed by atoms with E-state index in [9.17, 15) is 18.0 Å². The Balaban J connectivity index is 1.41. The summed E-state index contributed by atoms with van der Waals surface area (Å²) in [4.78, 5) is 12.8. The van der Waals surface area contributed by atoms with Crippen LogP contribution >= 0.6 is 0 Å². The Hall–Kier alpha value is -3.32. The first-order chi connectivity index (χ1) is 16.3. The fourth-order valence-corrected chi connectivity index (χ4v) is 4.29. The highest BCUT2D eigenvalue weighted by atomic mass is 19.4. The van der Waals surface area contributed by atoms with E-state index in [1.807, 2.05) is 54.6 Å². The highest BCUT2D eigenvalue weighted by Gasteiger charge is 2.64. The van der Waals surface area contributed by atoms with Crippen molar-refractivity contribution in [1.29, 1.82) is 0 Å². The van der Waals surface area contributed by atoms with Gasteiger partial charge in [0.2, 0.25) is 0 Å². The first kappa shape index (κ1) is 23.8. The average molecular weight is 470 g/mol. The van der Waals surface area contributed by atoms with Gasteiger partial charge in [0.1, 0.15) is 18.0 Å². The Kier molecular flexibility index (Phi) is 6.93. The molecule has 0 aromatic heterocycles. The van der Waals surface area contributed by atoms with E-state index in [0.29, 0.717) is 25.0 Å². The molecule has 0 radical (unpaired) electrons. The van der Waals surface area contributed by atoms with Crippen molar-refractivity contribution in [3.8, 4) is 16.9 Å². The number of benzene rings is 3. The van der Waals surface area contributed by atoms with E-state index < -0.39 is 23.9 Å². The molecule has 34 heavy (non-hydrogen) atoms. The lowest BCUT2D eigenvalue weighted by molar-refractivity contribution is -0.278. The second-order valence-electron chi connectivity index (χ2n) is 8.22. The molecule has 178 valence electrons. The lowest BCUT2D eigenvalue weighted by atomic mass is 9.92. The van der Waals surface area contributed by atoms with E-state index in [2.05, 4.69) is 0 Å². The molecule has 1 aliphatic carbocycles. The number of methoxy groups -OCH3 is 1. The van der Waals surface area contributed by atoms with Gasteiger partial charge < -0.3 is 14.2 Å². The molecule has 0 heterocycles. The minimum Gasteiger partial charge on any atom is -0.490 e. The topological polar surface area (TPSA) is 44.8 Å². The fourth-order valence-electron chi connectivity index (χ4n) is 4.29. The summed E-state index contributed by atoms with van der Waals surface area (Å²) in [5, 5.41) is 0. The van der Waals surface area contributed by atoms with Crippen LogP contribution in [0.15, 0.2) is 84.9 Å². The molecule has 1 fully saturated rings. The van der Waals surface area contributed by atoms with Crippen molar-refractivity contribution in [2.24, 2.45) is 0 Å². The van der Waals surface area contributed by atoms with E-state index in [0.717, 1.165) is 18.2 Å². The summed E-state index contributed by atoms with van der Waals surface area (Å²) in [6, 6.07) is 24.4. The number of alkyl halides is 3. The van der Waals surface area contributed by atoms with Gasteiger partial charge in [-0.2, -0.15) is 13.2 Å². The molecule has 0 N–H and O–H groups in total. The maximum atomic E-state index is 14.1. The first-order valence-electron chi connectivity index (χ1n) is 11.0. The summed E-state index contributed by atoms with van der Waals surface area (Å²) < 4.78 is 58.3. The van der Waals surface area contributed by atoms with Gasteiger partial charge in [0.15, 0.2) is 0 Å². The number of ether oxygens (including phenoxy) is 3. The predicted molar refractivity (Wildman–Crippen MR) is 121 cm³/mol. The number of hydrogen-bond donors (Lipinski definition) is 0. The van der Waals surface area contributed by atoms with Gasteiger partial charge in [-0.05, 0) is 36.1 Å². The Morgan fingerprint density at radius 2 is 1.35 bits per heavy atom. The van der Waals surface area contributed by atoms with Gasteiger partial charge in [0, 0.05) is 19.1 Å². The summed E-state index contributed by atoms with van der Waals surface area (Å²) >= 11 is 0. The molecule has 0 amide bonds. The summed E-state index contributed by atoms with van der Waals surface area (Å²) in [7, 11) is 0.863. The van der Waals surface area contributed by atoms with E-state index in [4.69, 9.17) is 14.2 Å². The van der Waals surface area contributed by atoms with Crippen LogP contribution in [-0.4, -0.2) is 31.5 Å². The van der Waals surface area contributed by atoms with Crippen molar-refractivity contribution >= 4 is 5.97 Å². The van der Waals surface area contributed by atoms with Crippen LogP contribution in [0.1, 0.15) is 24.8 Å². The van der Waals surface area contributed by atoms with Gasteiger partial charge in [-0.25, -0.2) is 4.79 Å². The molecule has 0 bridgehead atoms. The van der Waals surface area contributed by atoms with Crippen molar-refractivity contribution in [3.63, 3.8) is 0 Å². The lowest BCUT2D eigenvalue weighted by Gasteiger charge is -2.33. The molecule has 4 nitrogen and oxygen atoms in total. The van der Waals surface area contributed by atoms with Crippen molar-refractivity contribution in [3.05, 3.63) is 90.5 Å². The van der Waals surface area contributed by atoms with Crippen molar-refractivity contribution in [1.82, 2.24) is 0 Å². The van der Waals surface area contributed by atoms with Gasteiger partial charge in [-0.1, -0.05) is 72.8 Å². The molecule has 0 unspecified atom stereocenters. The van der Waals surface area contributed by atoms with Gasteiger partial charge in [-0.3, -0.25) is 0 Å². The summed E-state index contributed by atoms with van der Waals surface area (Å²) in [5.41, 5.74) is -1.36. The van der Waals surface area contributed by atoms with Crippen LogP contribution < -0.4 is 4.74 Å². The molecule has 3 atom stereocenters. The van der Waals surface area contributed by atoms with Gasteiger partial charge in [0.05, 0.1) is 0 Å². The first-order valence-corrected chi connectivity index (χ1v) is 11.0. The second kappa shape index (κ2) is 9.89. The number of halogens is 3. The molecule has 0 spiro atoms. The molecule has 4 rings (SSSR count). The van der Waals surface area contributed by atoms with Crippen LogP contribution in [0.2, 0.25) is 0 Å². The number of esters is 1. The molecule has 1 saturated carbocycles. The Labute approximate surface area is 196 Å². The third-order valence-corrected chi connectivity index (χ3v) is 6.05. The maximum Gasteiger partial charge on any atom is 0.432 e. The zero-order valence-electron chi connectivity index (χ0n) is 18.6. The molecule has 7 heteroatoms. The minimum atomic E-state index is -4.99. The quantitative estimate of drug-likeness (QED) is 0.380. The third-order valence-electron chi connectivity index (χ3n) is 6.05. The zero-order chi connectivity index (χ0) is 24.2. The normalized spacial score (nSPS) is 19.9. The SMILES string of the molecule is CO[C@](C(=O)O[C@@H]1CC[C@@H](Oc2ccc(-c3ccccc3)cc2)C1)(c1ccccc1)C(F)(F)F. The smallest absolute Gasteiger partial charge is 0.432 e. The van der Waals surface area contributed by atoms with Crippen LogP contribution in [0.5, 0.6) is 5.75 Å². The Bertz CT molecular complexity index is 1080. The highest BCUT2D eigenvalue weighted by Crippen LogP contribution is 2.44. The zero-order valence-corrected chi connectivity index (χ0v) is 18.6. The Morgan fingerprint density at radius 3 is 1.94 bits per heavy atom. The standard InChI is InChI=1S/C27H25F3O4/c1-32-26(27(28,29)30,21-10-6-3-7-11-21)25(31)34-24-17-16-23(18-24)33-22-14-12-20(13-15-22)19-8-4-2-5-9-19/h2-15,23-24H,16-18H2,1H3/t23-,24-,26+/m1/s1. The highest BCUT2D eigenvalue weighted by molar-refractivity contribution is 5.83. The van der Waals surface area contributed by atoms with Crippen molar-refractivity contribution in [2.75, 3.05) is 7.11 Å². The van der Waals surface area contributed by atoms with E-state index in [1.165, 1.54) is 24.3 Å². The molecule has 3 aromatic carbocycles. The van der Waals surface area contributed by atoms with E-state index >= 15 is 0 Å². The summed E-state index contributed by atoms with van der Waals surface area (Å²) in [6.07, 6.45) is -4.67. The molecule has 1 aliphatic rings. The van der Waals surface area contributed by atoms with Crippen LogP contribution in [0.25, 0.3) is 11.1 Å². The molecular weight excluding hydrogens is 445 g/mol. The number of hydrogen-bond acceptors (Lipinski definition) is 4. The fraction of sp³-hybridized carbons (Fsp3) is 0.296. The molecule has 0 aliphatic heterocycles. The van der Waals surface area contributed by atoms with Crippen LogP contribution in [0.4, 0.5) is 13.2 Å². The van der Waals surface area contributed by atoms with Crippen molar-refractivity contribution in [2.45, 2.75) is 43.2 Å². The third kappa shape index (κ3) is 4.80. The maximum absolute atomic E-state index is 14.1. The largest absolute Gasteiger partial charge is 0.490 e. The van der Waals surface area contributed by atoms with Crippen LogP contribution in [0.3, 0.4) is 0 Å². The van der Waals surface area contributed by atoms with Crippen LogP contribution in [0, 0.1) is 0 Å². The lowest BCUT2D eigenvalue weighted by Crippen LogP contribution is -2.52. The van der Waals surface area contributed by atoms with E-state index in [-0.39, 0.29) is 11.7 Å². The summed E-state index contributed by atoms with van der Waals surface area (Å²) in [6.45, 7) is 0. The Morgan fingerprint density at radius 1 is 0.794 bits per heavy atom. The average Bonchev–Trinajstić information content (AvgIpc) is 3.27. The number of carbonyl (C=O) groups excluding carboxylic acids is 1. The second-order valence-corrected chi connectivity index (χ2v) is 8.22.